The number of fused-ring (bicyclic) bond motifs is 1. The normalized spacial score (nSPS) is 14.8. The van der Waals surface area contributed by atoms with Gasteiger partial charge in [0.15, 0.2) is 0 Å². The Morgan fingerprint density at radius 1 is 1.44 bits per heavy atom. The van der Waals surface area contributed by atoms with Crippen molar-refractivity contribution >= 4 is 5.91 Å². The summed E-state index contributed by atoms with van der Waals surface area (Å²) in [5, 5.41) is 9.45. The summed E-state index contributed by atoms with van der Waals surface area (Å²) >= 11 is 0. The van der Waals surface area contributed by atoms with E-state index in [1.165, 1.54) is 18.4 Å². The number of nitrogens with zero attached hydrogens (tertiary/aromatic N) is 3. The Bertz CT molecular complexity index is 507. The van der Waals surface area contributed by atoms with Crippen molar-refractivity contribution < 1.29 is 9.90 Å². The summed E-state index contributed by atoms with van der Waals surface area (Å²) in [6, 6.07) is 0. The molecule has 2 heterocycles. The maximum absolute atomic E-state index is 11.8. The van der Waals surface area contributed by atoms with Crippen LogP contribution < -0.4 is 5.56 Å². The molecule has 0 spiro atoms. The van der Waals surface area contributed by atoms with Gasteiger partial charge in [-0.1, -0.05) is 0 Å². The second-order valence-electron chi connectivity index (χ2n) is 3.87. The molecular weight excluding hydrogens is 210 g/mol. The van der Waals surface area contributed by atoms with Gasteiger partial charge in [-0.15, -0.1) is 0 Å². The fourth-order valence-corrected chi connectivity index (χ4v) is 1.77. The van der Waals surface area contributed by atoms with Crippen molar-refractivity contribution in [3.8, 4) is 5.88 Å². The van der Waals surface area contributed by atoms with E-state index in [0.29, 0.717) is 18.9 Å². The van der Waals surface area contributed by atoms with E-state index < -0.39 is 0 Å². The summed E-state index contributed by atoms with van der Waals surface area (Å²) < 4.78 is 1.51. The Hall–Kier alpha value is -1.85. The van der Waals surface area contributed by atoms with Crippen molar-refractivity contribution in [1.82, 2.24) is 14.5 Å². The summed E-state index contributed by atoms with van der Waals surface area (Å²) in [5.41, 5.74) is 0.0192. The van der Waals surface area contributed by atoms with Crippen LogP contribution in [0.15, 0.2) is 4.79 Å². The topological polar surface area (TPSA) is 75.4 Å². The lowest BCUT2D eigenvalue weighted by Gasteiger charge is -2.28. The second kappa shape index (κ2) is 3.62. The third-order valence-electron chi connectivity index (χ3n) is 2.82. The summed E-state index contributed by atoms with van der Waals surface area (Å²) in [4.78, 5) is 28.5. The number of aromatic nitrogens is 2. The van der Waals surface area contributed by atoms with Crippen LogP contribution in [0.1, 0.15) is 18.3 Å². The van der Waals surface area contributed by atoms with Crippen LogP contribution in [0.5, 0.6) is 5.88 Å². The first kappa shape index (κ1) is 10.7. The van der Waals surface area contributed by atoms with Crippen LogP contribution in [0.25, 0.3) is 0 Å². The molecule has 0 saturated carbocycles. The van der Waals surface area contributed by atoms with Crippen molar-refractivity contribution in [1.29, 1.82) is 0 Å². The summed E-state index contributed by atoms with van der Waals surface area (Å²) in [5.74, 6) is 0.136. The molecule has 1 N–H and O–H groups in total. The quantitative estimate of drug-likeness (QED) is 0.650. The standard InChI is InChI=1S/C10H13N3O3/c1-6-9(15)11-8-5-12(7(2)14)3-4-13(8)10(6)16/h15H,3-5H2,1-2H3. The van der Waals surface area contributed by atoms with Crippen LogP contribution >= 0.6 is 0 Å². The highest BCUT2D eigenvalue weighted by molar-refractivity contribution is 5.73. The van der Waals surface area contributed by atoms with Crippen LogP contribution in [0, 0.1) is 6.92 Å². The average molecular weight is 223 g/mol. The van der Waals surface area contributed by atoms with Gasteiger partial charge in [0.1, 0.15) is 5.82 Å². The van der Waals surface area contributed by atoms with E-state index in [2.05, 4.69) is 4.98 Å². The van der Waals surface area contributed by atoms with Crippen LogP contribution in [0.2, 0.25) is 0 Å². The predicted octanol–water partition coefficient (Wildman–Crippen LogP) is -0.381. The zero-order valence-corrected chi connectivity index (χ0v) is 9.23. The first-order valence-corrected chi connectivity index (χ1v) is 5.05. The Morgan fingerprint density at radius 2 is 2.12 bits per heavy atom. The Morgan fingerprint density at radius 3 is 2.75 bits per heavy atom. The molecular formula is C10H13N3O3. The van der Waals surface area contributed by atoms with Gasteiger partial charge in [-0.05, 0) is 6.92 Å². The second-order valence-corrected chi connectivity index (χ2v) is 3.87. The Labute approximate surface area is 92.1 Å². The predicted molar refractivity (Wildman–Crippen MR) is 56.0 cm³/mol. The van der Waals surface area contributed by atoms with Crippen molar-refractivity contribution in [3.05, 3.63) is 21.7 Å². The fraction of sp³-hybridized carbons (Fsp3) is 0.500. The lowest BCUT2D eigenvalue weighted by atomic mass is 10.3. The molecule has 6 nitrogen and oxygen atoms in total. The van der Waals surface area contributed by atoms with Crippen LogP contribution in [0.4, 0.5) is 0 Å². The first-order chi connectivity index (χ1) is 7.50. The third-order valence-corrected chi connectivity index (χ3v) is 2.82. The van der Waals surface area contributed by atoms with Gasteiger partial charge in [0.2, 0.25) is 11.8 Å². The van der Waals surface area contributed by atoms with Crippen molar-refractivity contribution in [2.75, 3.05) is 6.54 Å². The van der Waals surface area contributed by atoms with Gasteiger partial charge in [0, 0.05) is 20.0 Å². The van der Waals surface area contributed by atoms with Crippen LogP contribution in [-0.2, 0) is 17.9 Å². The molecule has 1 aromatic heterocycles. The van der Waals surface area contributed by atoms with Gasteiger partial charge in [-0.2, -0.15) is 4.98 Å². The summed E-state index contributed by atoms with van der Waals surface area (Å²) in [7, 11) is 0. The minimum Gasteiger partial charge on any atom is -0.493 e. The van der Waals surface area contributed by atoms with E-state index in [4.69, 9.17) is 0 Å². The zero-order valence-electron chi connectivity index (χ0n) is 9.23. The number of rotatable bonds is 0. The summed E-state index contributed by atoms with van der Waals surface area (Å²) in [6.07, 6.45) is 0. The van der Waals surface area contributed by atoms with Gasteiger partial charge < -0.3 is 10.0 Å². The smallest absolute Gasteiger partial charge is 0.260 e. The monoisotopic (exact) mass is 223 g/mol. The number of aromatic hydroxyl groups is 1. The number of carbonyl (C=O) groups excluding carboxylic acids is 1. The molecule has 0 fully saturated rings. The van der Waals surface area contributed by atoms with Crippen LogP contribution in [-0.4, -0.2) is 32.0 Å². The highest BCUT2D eigenvalue weighted by Gasteiger charge is 2.22. The fourth-order valence-electron chi connectivity index (χ4n) is 1.77. The number of amides is 1. The van der Waals surface area contributed by atoms with E-state index >= 15 is 0 Å². The number of hydrogen-bond donors (Lipinski definition) is 1. The van der Waals surface area contributed by atoms with Crippen molar-refractivity contribution in [2.45, 2.75) is 26.9 Å². The van der Waals surface area contributed by atoms with Gasteiger partial charge in [0.25, 0.3) is 5.56 Å². The first-order valence-electron chi connectivity index (χ1n) is 5.05. The zero-order chi connectivity index (χ0) is 11.9. The maximum atomic E-state index is 11.8. The molecule has 1 aliphatic rings. The summed E-state index contributed by atoms with van der Waals surface area (Å²) in [6.45, 7) is 4.23. The maximum Gasteiger partial charge on any atom is 0.260 e. The molecule has 0 unspecified atom stereocenters. The minimum atomic E-state index is -0.248. The Kier molecular flexibility index (Phi) is 2.41. The number of hydrogen-bond acceptors (Lipinski definition) is 4. The SMILES string of the molecule is CC(=O)N1CCn2c(nc(O)c(C)c2=O)C1. The average Bonchev–Trinajstić information content (AvgIpc) is 2.25. The minimum absolute atomic E-state index is 0.0550. The molecule has 0 aromatic carbocycles. The van der Waals surface area contributed by atoms with E-state index in [1.807, 2.05) is 0 Å². The molecule has 0 bridgehead atoms. The molecule has 16 heavy (non-hydrogen) atoms. The van der Waals surface area contributed by atoms with E-state index in [1.54, 1.807) is 4.90 Å². The molecule has 0 radical (unpaired) electrons. The molecule has 0 atom stereocenters. The van der Waals surface area contributed by atoms with Crippen LogP contribution in [0.3, 0.4) is 0 Å². The molecule has 0 aliphatic carbocycles. The van der Waals surface area contributed by atoms with Gasteiger partial charge in [0.05, 0.1) is 12.1 Å². The third kappa shape index (κ3) is 1.56. The largest absolute Gasteiger partial charge is 0.493 e. The van der Waals surface area contributed by atoms with E-state index in [9.17, 15) is 14.7 Å². The molecule has 1 aromatic rings. The Balaban J connectivity index is 2.48. The molecule has 2 rings (SSSR count). The van der Waals surface area contributed by atoms with Gasteiger partial charge in [-0.3, -0.25) is 14.2 Å². The van der Waals surface area contributed by atoms with Gasteiger partial charge >= 0.3 is 0 Å². The molecule has 0 saturated heterocycles. The molecule has 6 heteroatoms. The van der Waals surface area contributed by atoms with Gasteiger partial charge in [-0.25, -0.2) is 0 Å². The lowest BCUT2D eigenvalue weighted by molar-refractivity contribution is -0.130. The molecule has 1 amide bonds. The lowest BCUT2D eigenvalue weighted by Crippen LogP contribution is -2.42. The van der Waals surface area contributed by atoms with Crippen molar-refractivity contribution in [2.24, 2.45) is 0 Å². The van der Waals surface area contributed by atoms with E-state index in [0.717, 1.165) is 0 Å². The van der Waals surface area contributed by atoms with E-state index in [-0.39, 0.29) is 29.5 Å². The number of carbonyl (C=O) groups is 1. The van der Waals surface area contributed by atoms with Crippen molar-refractivity contribution in [3.63, 3.8) is 0 Å². The molecule has 1 aliphatic heterocycles. The highest BCUT2D eigenvalue weighted by Crippen LogP contribution is 2.13. The molecule has 86 valence electrons. The highest BCUT2D eigenvalue weighted by atomic mass is 16.3.